The first-order valence-corrected chi connectivity index (χ1v) is 6.24. The van der Waals surface area contributed by atoms with Crippen LogP contribution in [0.5, 0.6) is 0 Å². The molecule has 1 aromatic rings. The molecule has 0 saturated heterocycles. The minimum Gasteiger partial charge on any atom is -0.394 e. The number of nitrogens with zero attached hydrogens (tertiary/aromatic N) is 2. The number of nitrogens with two attached hydrogens (primary N) is 1. The van der Waals surface area contributed by atoms with Gasteiger partial charge in [-0.1, -0.05) is 12.8 Å². The predicted octanol–water partition coefficient (Wildman–Crippen LogP) is 1.68. The van der Waals surface area contributed by atoms with Crippen LogP contribution in [0, 0.1) is 5.92 Å². The van der Waals surface area contributed by atoms with Crippen LogP contribution in [-0.2, 0) is 0 Å². The molecular formula is C11H17ClN4O. The van der Waals surface area contributed by atoms with E-state index in [0.29, 0.717) is 18.1 Å². The van der Waals surface area contributed by atoms with Crippen LogP contribution in [0.25, 0.3) is 0 Å². The molecule has 4 N–H and O–H groups in total. The number of aliphatic hydroxyl groups excluding tert-OH is 1. The van der Waals surface area contributed by atoms with E-state index in [2.05, 4.69) is 15.3 Å². The molecule has 2 atom stereocenters. The highest BCUT2D eigenvalue weighted by Crippen LogP contribution is 2.25. The van der Waals surface area contributed by atoms with Crippen LogP contribution in [-0.4, -0.2) is 27.7 Å². The summed E-state index contributed by atoms with van der Waals surface area (Å²) in [6, 6.07) is 0. The van der Waals surface area contributed by atoms with Crippen molar-refractivity contribution in [2.45, 2.75) is 31.8 Å². The third-order valence-corrected chi connectivity index (χ3v) is 3.37. The lowest BCUT2D eigenvalue weighted by atomic mass is 9.86. The molecule has 6 heteroatoms. The van der Waals surface area contributed by atoms with E-state index in [-0.39, 0.29) is 17.3 Å². The van der Waals surface area contributed by atoms with Gasteiger partial charge >= 0.3 is 0 Å². The van der Waals surface area contributed by atoms with Crippen LogP contribution in [0.4, 0.5) is 11.5 Å². The van der Waals surface area contributed by atoms with Gasteiger partial charge in [0.2, 0.25) is 5.28 Å². The molecule has 0 spiro atoms. The molecule has 1 aliphatic carbocycles. The number of hydrogen-bond acceptors (Lipinski definition) is 5. The van der Waals surface area contributed by atoms with Crippen molar-refractivity contribution in [1.82, 2.24) is 9.97 Å². The second kappa shape index (κ2) is 5.51. The van der Waals surface area contributed by atoms with E-state index in [4.69, 9.17) is 17.3 Å². The lowest BCUT2D eigenvalue weighted by Crippen LogP contribution is -2.30. The summed E-state index contributed by atoms with van der Waals surface area (Å²) in [5.74, 6) is 0.805. The summed E-state index contributed by atoms with van der Waals surface area (Å²) < 4.78 is 0. The lowest BCUT2D eigenvalue weighted by molar-refractivity contribution is 0.0763. The highest BCUT2D eigenvalue weighted by atomic mass is 35.5. The average Bonchev–Trinajstić information content (AvgIpc) is 2.32. The zero-order valence-electron chi connectivity index (χ0n) is 9.56. The molecule has 2 unspecified atom stereocenters. The SMILES string of the molecule is Nc1cnc(Cl)nc1NCC1CCCCC1O. The Balaban J connectivity index is 1.94. The molecule has 2 rings (SSSR count). The molecule has 1 heterocycles. The molecule has 1 fully saturated rings. The summed E-state index contributed by atoms with van der Waals surface area (Å²) in [6.07, 6.45) is 5.45. The molecule has 0 bridgehead atoms. The first-order valence-electron chi connectivity index (χ1n) is 5.87. The van der Waals surface area contributed by atoms with Crippen LogP contribution < -0.4 is 11.1 Å². The zero-order valence-corrected chi connectivity index (χ0v) is 10.3. The standard InChI is InChI=1S/C11H17ClN4O/c12-11-15-6-8(13)10(16-11)14-5-7-3-1-2-4-9(7)17/h6-7,9,17H,1-5,13H2,(H,14,15,16). The van der Waals surface area contributed by atoms with Gasteiger partial charge in [0.25, 0.3) is 0 Å². The van der Waals surface area contributed by atoms with E-state index in [1.807, 2.05) is 0 Å². The summed E-state index contributed by atoms with van der Waals surface area (Å²) in [7, 11) is 0. The van der Waals surface area contributed by atoms with Crippen molar-refractivity contribution < 1.29 is 5.11 Å². The third-order valence-electron chi connectivity index (χ3n) is 3.19. The van der Waals surface area contributed by atoms with Gasteiger partial charge in [-0.15, -0.1) is 0 Å². The predicted molar refractivity (Wildman–Crippen MR) is 67.9 cm³/mol. The molecule has 94 valence electrons. The topological polar surface area (TPSA) is 84.1 Å². The van der Waals surface area contributed by atoms with Gasteiger partial charge in [0.1, 0.15) is 0 Å². The summed E-state index contributed by atoms with van der Waals surface area (Å²) in [5, 5.41) is 13.1. The number of rotatable bonds is 3. The van der Waals surface area contributed by atoms with Crippen molar-refractivity contribution in [3.8, 4) is 0 Å². The normalized spacial score (nSPS) is 24.6. The Morgan fingerprint density at radius 2 is 2.24 bits per heavy atom. The Kier molecular flexibility index (Phi) is 4.02. The maximum atomic E-state index is 9.84. The van der Waals surface area contributed by atoms with Gasteiger partial charge < -0.3 is 16.2 Å². The summed E-state index contributed by atoms with van der Waals surface area (Å²) >= 11 is 5.70. The molecule has 1 saturated carbocycles. The van der Waals surface area contributed by atoms with Crippen LogP contribution in [0.3, 0.4) is 0 Å². The number of aromatic nitrogens is 2. The molecular weight excluding hydrogens is 240 g/mol. The number of nitrogens with one attached hydrogen (secondary N) is 1. The highest BCUT2D eigenvalue weighted by Gasteiger charge is 2.22. The minimum atomic E-state index is -0.227. The number of anilines is 2. The molecule has 5 nitrogen and oxygen atoms in total. The van der Waals surface area contributed by atoms with Crippen LogP contribution in [0.1, 0.15) is 25.7 Å². The van der Waals surface area contributed by atoms with E-state index in [1.165, 1.54) is 12.6 Å². The third kappa shape index (κ3) is 3.20. The molecule has 1 aliphatic rings. The van der Waals surface area contributed by atoms with Gasteiger partial charge in [0, 0.05) is 12.5 Å². The fourth-order valence-electron chi connectivity index (χ4n) is 2.17. The van der Waals surface area contributed by atoms with Crippen LogP contribution in [0.2, 0.25) is 5.28 Å². The molecule has 1 aromatic heterocycles. The molecule has 0 aromatic carbocycles. The van der Waals surface area contributed by atoms with E-state index in [0.717, 1.165) is 19.3 Å². The van der Waals surface area contributed by atoms with Gasteiger partial charge in [0.15, 0.2) is 5.82 Å². The fraction of sp³-hybridized carbons (Fsp3) is 0.636. The molecule has 0 radical (unpaired) electrons. The Labute approximate surface area is 105 Å². The van der Waals surface area contributed by atoms with Gasteiger partial charge in [-0.2, -0.15) is 4.98 Å². The average molecular weight is 257 g/mol. The highest BCUT2D eigenvalue weighted by molar-refractivity contribution is 6.28. The quantitative estimate of drug-likeness (QED) is 0.717. The Hall–Kier alpha value is -1.07. The minimum absolute atomic E-state index is 0.172. The second-order valence-corrected chi connectivity index (χ2v) is 4.77. The van der Waals surface area contributed by atoms with E-state index in [9.17, 15) is 5.11 Å². The monoisotopic (exact) mass is 256 g/mol. The largest absolute Gasteiger partial charge is 0.394 e. The van der Waals surface area contributed by atoms with E-state index in [1.54, 1.807) is 0 Å². The van der Waals surface area contributed by atoms with Crippen LogP contribution >= 0.6 is 11.6 Å². The first kappa shape index (κ1) is 12.4. The first-order chi connectivity index (χ1) is 8.16. The van der Waals surface area contributed by atoms with Crippen molar-refractivity contribution in [3.05, 3.63) is 11.5 Å². The van der Waals surface area contributed by atoms with Crippen LogP contribution in [0.15, 0.2) is 6.20 Å². The van der Waals surface area contributed by atoms with E-state index < -0.39 is 0 Å². The smallest absolute Gasteiger partial charge is 0.224 e. The number of hydrogen-bond donors (Lipinski definition) is 3. The second-order valence-electron chi connectivity index (χ2n) is 4.44. The van der Waals surface area contributed by atoms with Crippen molar-refractivity contribution in [1.29, 1.82) is 0 Å². The number of halogens is 1. The van der Waals surface area contributed by atoms with Gasteiger partial charge in [-0.3, -0.25) is 0 Å². The lowest BCUT2D eigenvalue weighted by Gasteiger charge is -2.27. The van der Waals surface area contributed by atoms with Crippen molar-refractivity contribution in [2.75, 3.05) is 17.6 Å². The van der Waals surface area contributed by atoms with Gasteiger partial charge in [-0.05, 0) is 24.4 Å². The fourth-order valence-corrected chi connectivity index (χ4v) is 2.30. The van der Waals surface area contributed by atoms with Crippen molar-refractivity contribution in [2.24, 2.45) is 5.92 Å². The maximum absolute atomic E-state index is 9.84. The summed E-state index contributed by atoms with van der Waals surface area (Å²) in [6.45, 7) is 0.665. The zero-order chi connectivity index (χ0) is 12.3. The summed E-state index contributed by atoms with van der Waals surface area (Å²) in [5.41, 5.74) is 6.20. The molecule has 0 amide bonds. The van der Waals surface area contributed by atoms with Crippen molar-refractivity contribution >= 4 is 23.1 Å². The number of aliphatic hydroxyl groups is 1. The Bertz CT molecular complexity index is 388. The molecule has 0 aliphatic heterocycles. The van der Waals surface area contributed by atoms with Crippen molar-refractivity contribution in [3.63, 3.8) is 0 Å². The Morgan fingerprint density at radius 1 is 1.47 bits per heavy atom. The number of nitrogen functional groups attached to an aromatic ring is 1. The molecule has 17 heavy (non-hydrogen) atoms. The van der Waals surface area contributed by atoms with Gasteiger partial charge in [-0.25, -0.2) is 4.98 Å². The van der Waals surface area contributed by atoms with Gasteiger partial charge in [0.05, 0.1) is 18.0 Å². The Morgan fingerprint density at radius 3 is 3.00 bits per heavy atom. The van der Waals surface area contributed by atoms with E-state index >= 15 is 0 Å². The summed E-state index contributed by atoms with van der Waals surface area (Å²) in [4.78, 5) is 7.81. The maximum Gasteiger partial charge on any atom is 0.224 e.